The molecule has 0 radical (unpaired) electrons. The van der Waals surface area contributed by atoms with Gasteiger partial charge in [-0.05, 0) is 42.3 Å². The third-order valence-corrected chi connectivity index (χ3v) is 6.02. The number of nitrogens with one attached hydrogen (secondary N) is 1. The lowest BCUT2D eigenvalue weighted by Gasteiger charge is -2.11. The van der Waals surface area contributed by atoms with Gasteiger partial charge in [0.15, 0.2) is 11.0 Å². The lowest BCUT2D eigenvalue weighted by atomic mass is 10.1. The lowest BCUT2D eigenvalue weighted by Crippen LogP contribution is -2.00. The maximum atomic E-state index is 14.1. The minimum absolute atomic E-state index is 0.205. The summed E-state index contributed by atoms with van der Waals surface area (Å²) in [4.78, 5) is 3.31. The highest BCUT2D eigenvalue weighted by Crippen LogP contribution is 2.33. The Hall–Kier alpha value is -3.38. The highest BCUT2D eigenvalue weighted by molar-refractivity contribution is 7.98. The Balaban J connectivity index is 1.62. The van der Waals surface area contributed by atoms with E-state index in [2.05, 4.69) is 40.3 Å². The summed E-state index contributed by atoms with van der Waals surface area (Å²) in [5, 5.41) is 10.8. The standard InChI is InChI=1S/C24H19FN4S/c1-16-7-6-9-18(13-16)29-23(20-14-26-22-12-5-3-10-19(20)22)27-28-24(29)30-15-17-8-2-4-11-21(17)25/h2-14,26H,15H2,1H3. The van der Waals surface area contributed by atoms with Crippen LogP contribution in [0.25, 0.3) is 28.0 Å². The van der Waals surface area contributed by atoms with E-state index < -0.39 is 0 Å². The number of aromatic nitrogens is 4. The SMILES string of the molecule is Cc1cccc(-n2c(SCc3ccccc3F)nnc2-c2c[nH]c3ccccc23)c1. The van der Waals surface area contributed by atoms with Crippen LogP contribution >= 0.6 is 11.8 Å². The highest BCUT2D eigenvalue weighted by atomic mass is 32.2. The number of hydrogen-bond donors (Lipinski definition) is 1. The molecule has 1 N–H and O–H groups in total. The first-order valence-electron chi connectivity index (χ1n) is 9.66. The molecule has 5 aromatic rings. The lowest BCUT2D eigenvalue weighted by molar-refractivity contribution is 0.617. The fraction of sp³-hybridized carbons (Fsp3) is 0.0833. The molecule has 0 atom stereocenters. The van der Waals surface area contributed by atoms with Gasteiger partial charge in [0.2, 0.25) is 0 Å². The Labute approximate surface area is 177 Å². The molecule has 6 heteroatoms. The van der Waals surface area contributed by atoms with Gasteiger partial charge in [-0.2, -0.15) is 0 Å². The van der Waals surface area contributed by atoms with E-state index in [0.717, 1.165) is 38.7 Å². The van der Waals surface area contributed by atoms with Crippen LogP contribution in [0.1, 0.15) is 11.1 Å². The Morgan fingerprint density at radius 2 is 1.80 bits per heavy atom. The molecule has 148 valence electrons. The van der Waals surface area contributed by atoms with E-state index in [4.69, 9.17) is 0 Å². The number of fused-ring (bicyclic) bond motifs is 1. The molecule has 0 amide bonds. The van der Waals surface area contributed by atoms with Gasteiger partial charge >= 0.3 is 0 Å². The fourth-order valence-electron chi connectivity index (χ4n) is 3.55. The second kappa shape index (κ2) is 7.80. The molecule has 0 fully saturated rings. The van der Waals surface area contributed by atoms with Gasteiger partial charge in [-0.15, -0.1) is 10.2 Å². The molecule has 0 spiro atoms. The first kappa shape index (κ1) is 18.6. The van der Waals surface area contributed by atoms with Gasteiger partial charge in [0, 0.05) is 34.1 Å². The largest absolute Gasteiger partial charge is 0.360 e. The summed E-state index contributed by atoms with van der Waals surface area (Å²) < 4.78 is 16.2. The number of aromatic amines is 1. The van der Waals surface area contributed by atoms with Crippen molar-refractivity contribution in [2.75, 3.05) is 0 Å². The summed E-state index contributed by atoms with van der Waals surface area (Å²) >= 11 is 1.48. The molecule has 4 nitrogen and oxygen atoms in total. The molecule has 0 saturated heterocycles. The second-order valence-corrected chi connectivity index (χ2v) is 8.05. The van der Waals surface area contributed by atoms with Crippen molar-refractivity contribution in [2.24, 2.45) is 0 Å². The number of halogens is 1. The van der Waals surface area contributed by atoms with Gasteiger partial charge in [-0.1, -0.05) is 60.3 Å². The molecule has 0 unspecified atom stereocenters. The summed E-state index contributed by atoms with van der Waals surface area (Å²) in [6.45, 7) is 2.06. The normalized spacial score (nSPS) is 11.3. The number of H-pyrrole nitrogens is 1. The zero-order chi connectivity index (χ0) is 20.5. The van der Waals surface area contributed by atoms with Crippen LogP contribution in [0.5, 0.6) is 0 Å². The zero-order valence-electron chi connectivity index (χ0n) is 16.3. The summed E-state index contributed by atoms with van der Waals surface area (Å²) in [5.41, 5.74) is 4.81. The second-order valence-electron chi connectivity index (χ2n) is 7.11. The summed E-state index contributed by atoms with van der Waals surface area (Å²) in [5.74, 6) is 1.03. The summed E-state index contributed by atoms with van der Waals surface area (Å²) in [7, 11) is 0. The molecule has 0 aliphatic rings. The van der Waals surface area contributed by atoms with Gasteiger partial charge in [0.05, 0.1) is 0 Å². The maximum absolute atomic E-state index is 14.1. The van der Waals surface area contributed by atoms with Crippen LogP contribution in [0.2, 0.25) is 0 Å². The number of thioether (sulfide) groups is 1. The number of hydrogen-bond acceptors (Lipinski definition) is 3. The molecule has 3 aromatic carbocycles. The number of rotatable bonds is 5. The van der Waals surface area contributed by atoms with E-state index in [-0.39, 0.29) is 5.82 Å². The minimum Gasteiger partial charge on any atom is -0.360 e. The van der Waals surface area contributed by atoms with E-state index in [1.165, 1.54) is 17.8 Å². The molecule has 30 heavy (non-hydrogen) atoms. The Morgan fingerprint density at radius 1 is 0.967 bits per heavy atom. The quantitative estimate of drug-likeness (QED) is 0.351. The van der Waals surface area contributed by atoms with E-state index in [1.54, 1.807) is 12.1 Å². The van der Waals surface area contributed by atoms with Crippen molar-refractivity contribution in [3.05, 3.63) is 95.9 Å². The molecule has 2 aromatic heterocycles. The predicted molar refractivity (Wildman–Crippen MR) is 119 cm³/mol. The first-order valence-corrected chi connectivity index (χ1v) is 10.6. The van der Waals surface area contributed by atoms with Crippen molar-refractivity contribution in [1.82, 2.24) is 19.7 Å². The van der Waals surface area contributed by atoms with E-state index >= 15 is 0 Å². The number of para-hydroxylation sites is 1. The summed E-state index contributed by atoms with van der Waals surface area (Å²) in [6.07, 6.45) is 1.96. The van der Waals surface area contributed by atoms with Crippen LogP contribution in [0.3, 0.4) is 0 Å². The topological polar surface area (TPSA) is 46.5 Å². The zero-order valence-corrected chi connectivity index (χ0v) is 17.2. The molecule has 0 aliphatic carbocycles. The average Bonchev–Trinajstić information content (AvgIpc) is 3.37. The monoisotopic (exact) mass is 414 g/mol. The Kier molecular flexibility index (Phi) is 4.85. The molecule has 0 aliphatic heterocycles. The van der Waals surface area contributed by atoms with E-state index in [0.29, 0.717) is 11.3 Å². The predicted octanol–water partition coefficient (Wildman–Crippen LogP) is 6.16. The van der Waals surface area contributed by atoms with Gasteiger partial charge in [-0.25, -0.2) is 4.39 Å². The number of aryl methyl sites for hydroxylation is 1. The number of benzene rings is 3. The van der Waals surface area contributed by atoms with Gasteiger partial charge < -0.3 is 4.98 Å². The van der Waals surface area contributed by atoms with Crippen molar-refractivity contribution >= 4 is 22.7 Å². The molecular formula is C24H19FN4S. The molecule has 0 saturated carbocycles. The fourth-order valence-corrected chi connectivity index (χ4v) is 4.49. The van der Waals surface area contributed by atoms with Crippen molar-refractivity contribution in [1.29, 1.82) is 0 Å². The van der Waals surface area contributed by atoms with Gasteiger partial charge in [0.1, 0.15) is 5.82 Å². The molecular weight excluding hydrogens is 395 g/mol. The van der Waals surface area contributed by atoms with Crippen molar-refractivity contribution in [2.45, 2.75) is 17.8 Å². The maximum Gasteiger partial charge on any atom is 0.196 e. The van der Waals surface area contributed by atoms with Crippen LogP contribution in [-0.4, -0.2) is 19.7 Å². The van der Waals surface area contributed by atoms with E-state index in [1.807, 2.05) is 47.2 Å². The molecule has 2 heterocycles. The first-order chi connectivity index (χ1) is 14.7. The van der Waals surface area contributed by atoms with Crippen molar-refractivity contribution in [3.63, 3.8) is 0 Å². The van der Waals surface area contributed by atoms with Gasteiger partial charge in [0.25, 0.3) is 0 Å². The number of nitrogens with zero attached hydrogens (tertiary/aromatic N) is 3. The van der Waals surface area contributed by atoms with E-state index in [9.17, 15) is 4.39 Å². The van der Waals surface area contributed by atoms with Crippen LogP contribution in [0.15, 0.2) is 84.1 Å². The third-order valence-electron chi connectivity index (χ3n) is 5.04. The van der Waals surface area contributed by atoms with Crippen molar-refractivity contribution < 1.29 is 4.39 Å². The molecule has 5 rings (SSSR count). The third kappa shape index (κ3) is 3.39. The van der Waals surface area contributed by atoms with Crippen LogP contribution in [0, 0.1) is 12.7 Å². The Morgan fingerprint density at radius 3 is 2.67 bits per heavy atom. The summed E-state index contributed by atoms with van der Waals surface area (Å²) in [6, 6.07) is 23.2. The van der Waals surface area contributed by atoms with Crippen LogP contribution in [-0.2, 0) is 5.75 Å². The van der Waals surface area contributed by atoms with Crippen LogP contribution in [0.4, 0.5) is 4.39 Å². The highest BCUT2D eigenvalue weighted by Gasteiger charge is 2.19. The minimum atomic E-state index is -0.205. The van der Waals surface area contributed by atoms with Gasteiger partial charge in [-0.3, -0.25) is 4.57 Å². The smallest absolute Gasteiger partial charge is 0.196 e. The average molecular weight is 415 g/mol. The van der Waals surface area contributed by atoms with Crippen LogP contribution < -0.4 is 0 Å². The molecule has 0 bridgehead atoms. The van der Waals surface area contributed by atoms with Crippen molar-refractivity contribution in [3.8, 4) is 17.1 Å². The Bertz CT molecular complexity index is 1340.